The van der Waals surface area contributed by atoms with Gasteiger partial charge in [0, 0.05) is 12.8 Å². The minimum absolute atomic E-state index is 0.924. The zero-order valence-corrected chi connectivity index (χ0v) is 11.7. The number of hydrogen-bond donors (Lipinski definition) is 1. The molecule has 0 aromatic rings. The number of quaternary nitrogens is 1. The molecule has 0 spiro atoms. The molecule has 6 heteroatoms. The molecule has 1 atom stereocenters. The fraction of sp³-hybridized carbons (Fsp3) is 0.692. The molecule has 1 rings (SSSR count). The summed E-state index contributed by atoms with van der Waals surface area (Å²) in [6, 6.07) is 0.924. The van der Waals surface area contributed by atoms with Gasteiger partial charge in [0.15, 0.2) is 0 Å². The fourth-order valence-electron chi connectivity index (χ4n) is 2.13. The van der Waals surface area contributed by atoms with E-state index in [1.54, 1.807) is 0 Å². The minimum atomic E-state index is -2.72. The van der Waals surface area contributed by atoms with Crippen LogP contribution in [0.3, 0.4) is 0 Å². The lowest BCUT2D eigenvalue weighted by atomic mass is 9.30. The van der Waals surface area contributed by atoms with Gasteiger partial charge in [-0.2, -0.15) is 0 Å². The molecule has 0 bridgehead atoms. The van der Waals surface area contributed by atoms with Crippen LogP contribution < -0.4 is 4.90 Å². The van der Waals surface area contributed by atoms with Crippen LogP contribution in [-0.2, 0) is 0 Å². The van der Waals surface area contributed by atoms with Crippen molar-refractivity contribution in [3.63, 3.8) is 0 Å². The van der Waals surface area contributed by atoms with Gasteiger partial charge in [-0.1, -0.05) is 13.3 Å². The molecule has 1 unspecified atom stereocenters. The van der Waals surface area contributed by atoms with Crippen LogP contribution in [0.1, 0.15) is 39.5 Å². The molecule has 0 aromatic carbocycles. The maximum atomic E-state index is 8.09. The van der Waals surface area contributed by atoms with Crippen molar-refractivity contribution in [2.45, 2.75) is 45.6 Å². The van der Waals surface area contributed by atoms with Crippen LogP contribution in [0.15, 0.2) is 0 Å². The molecule has 100 valence electrons. The summed E-state index contributed by atoms with van der Waals surface area (Å²) in [5.41, 5.74) is 0. The van der Waals surface area contributed by atoms with Crippen LogP contribution in [0.4, 0.5) is 0 Å². The second kappa shape index (κ2) is 8.99. The predicted octanol–water partition coefficient (Wildman–Crippen LogP) is 0.540. The Kier molecular flexibility index (Phi) is 8.03. The Bertz CT molecular complexity index is 366. The third-order valence-corrected chi connectivity index (χ3v) is 3.44. The first-order valence-corrected chi connectivity index (χ1v) is 6.74. The Labute approximate surface area is 115 Å². The van der Waals surface area contributed by atoms with Gasteiger partial charge in [0.25, 0.3) is 0 Å². The quantitative estimate of drug-likeness (QED) is 0.745. The van der Waals surface area contributed by atoms with Crippen molar-refractivity contribution in [3.8, 4) is 23.9 Å². The SMILES string of the molecule is CCCC(C)[NH+]1CCCC1.N#C[B-](C#N)(C#N)C#N. The van der Waals surface area contributed by atoms with Gasteiger partial charge in [0.05, 0.1) is 19.1 Å². The highest BCUT2D eigenvalue weighted by molar-refractivity contribution is 7.05. The summed E-state index contributed by atoms with van der Waals surface area (Å²) < 4.78 is 0. The van der Waals surface area contributed by atoms with Gasteiger partial charge in [-0.3, -0.25) is 0 Å². The second-order valence-corrected chi connectivity index (χ2v) is 4.94. The van der Waals surface area contributed by atoms with E-state index in [0.717, 1.165) is 6.04 Å². The van der Waals surface area contributed by atoms with E-state index in [1.807, 2.05) is 4.90 Å². The monoisotopic (exact) mass is 257 g/mol. The van der Waals surface area contributed by atoms with Crippen LogP contribution >= 0.6 is 0 Å². The molecule has 1 aliphatic rings. The second-order valence-electron chi connectivity index (χ2n) is 4.94. The zero-order valence-electron chi connectivity index (χ0n) is 11.7. The average Bonchev–Trinajstić information content (AvgIpc) is 2.97. The predicted molar refractivity (Wildman–Crippen MR) is 72.5 cm³/mol. The van der Waals surface area contributed by atoms with E-state index in [-0.39, 0.29) is 0 Å². The van der Waals surface area contributed by atoms with Crippen molar-refractivity contribution in [2.75, 3.05) is 13.1 Å². The minimum Gasteiger partial charge on any atom is -0.333 e. The third kappa shape index (κ3) is 5.43. The fourth-order valence-corrected chi connectivity index (χ4v) is 2.13. The molecule has 0 aromatic heterocycles. The van der Waals surface area contributed by atoms with Gasteiger partial charge in [-0.25, -0.2) is 21.0 Å². The van der Waals surface area contributed by atoms with Crippen molar-refractivity contribution >= 4 is 6.15 Å². The molecule has 0 saturated carbocycles. The lowest BCUT2D eigenvalue weighted by molar-refractivity contribution is -0.911. The molecular weight excluding hydrogens is 237 g/mol. The summed E-state index contributed by atoms with van der Waals surface area (Å²) in [5.74, 6) is 5.38. The Balaban J connectivity index is 0.000000344. The molecule has 1 N–H and O–H groups in total. The third-order valence-electron chi connectivity index (χ3n) is 3.44. The highest BCUT2D eigenvalue weighted by Crippen LogP contribution is 1.95. The van der Waals surface area contributed by atoms with Crippen molar-refractivity contribution in [2.24, 2.45) is 0 Å². The van der Waals surface area contributed by atoms with Crippen LogP contribution in [0, 0.1) is 44.9 Å². The first kappa shape index (κ1) is 17.0. The highest BCUT2D eigenvalue weighted by atomic mass is 15.2. The van der Waals surface area contributed by atoms with Gasteiger partial charge in [0.1, 0.15) is 0 Å². The number of hydrogen-bond acceptors (Lipinski definition) is 4. The maximum Gasteiger partial charge on any atom is 0.383 e. The van der Waals surface area contributed by atoms with E-state index < -0.39 is 6.15 Å². The lowest BCUT2D eigenvalue weighted by Gasteiger charge is -2.19. The summed E-state index contributed by atoms with van der Waals surface area (Å²) in [6.07, 6.45) is 2.97. The van der Waals surface area contributed by atoms with E-state index in [4.69, 9.17) is 21.0 Å². The maximum absolute atomic E-state index is 8.09. The average molecular weight is 257 g/mol. The summed E-state index contributed by atoms with van der Waals surface area (Å²) in [7, 11) is 0. The molecule has 19 heavy (non-hydrogen) atoms. The number of nitriles is 4. The first-order chi connectivity index (χ1) is 9.09. The summed E-state index contributed by atoms with van der Waals surface area (Å²) in [5, 5.41) is 32.3. The van der Waals surface area contributed by atoms with Crippen LogP contribution in [0.2, 0.25) is 0 Å². The molecule has 5 nitrogen and oxygen atoms in total. The van der Waals surface area contributed by atoms with Crippen LogP contribution in [0.25, 0.3) is 0 Å². The number of rotatable bonds is 3. The number of nitrogens with zero attached hydrogens (tertiary/aromatic N) is 4. The normalized spacial score (nSPS) is 15.9. The molecular formula is C13H20BN5. The van der Waals surface area contributed by atoms with Crippen molar-refractivity contribution < 1.29 is 4.90 Å². The number of nitrogens with one attached hydrogen (secondary N) is 1. The zero-order chi connectivity index (χ0) is 14.7. The molecule has 1 fully saturated rings. The van der Waals surface area contributed by atoms with Gasteiger partial charge in [-0.15, -0.1) is 23.9 Å². The van der Waals surface area contributed by atoms with E-state index >= 15 is 0 Å². The van der Waals surface area contributed by atoms with E-state index in [9.17, 15) is 0 Å². The smallest absolute Gasteiger partial charge is 0.333 e. The van der Waals surface area contributed by atoms with E-state index in [1.165, 1.54) is 62.6 Å². The standard InChI is InChI=1S/C9H19N.C4BN4/c1-3-6-9(2)10-7-4-5-8-10;6-1-5(2-7,3-8)4-9/h9H,3-8H2,1-2H3;/q;-1/p+1. The Hall–Kier alpha value is -2.02. The largest absolute Gasteiger partial charge is 0.383 e. The molecule has 0 amide bonds. The first-order valence-electron chi connectivity index (χ1n) is 6.74. The van der Waals surface area contributed by atoms with Crippen molar-refractivity contribution in [3.05, 3.63) is 0 Å². The van der Waals surface area contributed by atoms with E-state index in [2.05, 4.69) is 13.8 Å². The van der Waals surface area contributed by atoms with E-state index in [0.29, 0.717) is 0 Å². The van der Waals surface area contributed by atoms with Gasteiger partial charge >= 0.3 is 6.15 Å². The van der Waals surface area contributed by atoms with Crippen LogP contribution in [-0.4, -0.2) is 25.3 Å². The molecule has 1 saturated heterocycles. The summed E-state index contributed by atoms with van der Waals surface area (Å²) in [4.78, 5) is 1.85. The molecule has 0 radical (unpaired) electrons. The van der Waals surface area contributed by atoms with Gasteiger partial charge in [0.2, 0.25) is 0 Å². The van der Waals surface area contributed by atoms with Gasteiger partial charge in [-0.05, 0) is 13.3 Å². The van der Waals surface area contributed by atoms with Gasteiger partial charge < -0.3 is 4.90 Å². The topological polar surface area (TPSA) is 99.6 Å². The molecule has 1 heterocycles. The highest BCUT2D eigenvalue weighted by Gasteiger charge is 2.22. The summed E-state index contributed by atoms with van der Waals surface area (Å²) >= 11 is 0. The Morgan fingerprint density at radius 3 is 1.68 bits per heavy atom. The summed E-state index contributed by atoms with van der Waals surface area (Å²) in [6.45, 7) is 7.54. The van der Waals surface area contributed by atoms with Crippen molar-refractivity contribution in [1.29, 1.82) is 21.0 Å². The lowest BCUT2D eigenvalue weighted by Crippen LogP contribution is -3.13. The molecule has 1 aliphatic heterocycles. The Morgan fingerprint density at radius 2 is 1.42 bits per heavy atom. The Morgan fingerprint density at radius 1 is 1.00 bits per heavy atom. The molecule has 0 aliphatic carbocycles. The van der Waals surface area contributed by atoms with Crippen molar-refractivity contribution in [1.82, 2.24) is 0 Å². The van der Waals surface area contributed by atoms with Crippen LogP contribution in [0.5, 0.6) is 0 Å². The number of likely N-dealkylation sites (tertiary alicyclic amines) is 1.